The molecule has 0 aromatic heterocycles. The van der Waals surface area contributed by atoms with Gasteiger partial charge in [-0.2, -0.15) is 0 Å². The van der Waals surface area contributed by atoms with E-state index >= 15 is 0 Å². The molecule has 2 aliphatic rings. The number of rotatable bonds is 6. The maximum absolute atomic E-state index is 6.51. The second-order valence-corrected chi connectivity index (χ2v) is 6.36. The van der Waals surface area contributed by atoms with Crippen LogP contribution < -0.4 is 5.73 Å². The Hall–Kier alpha value is -0.0800. The fourth-order valence-electron chi connectivity index (χ4n) is 3.31. The number of nitrogens with two attached hydrogens (primary N) is 1. The quantitative estimate of drug-likeness (QED) is 0.770. The van der Waals surface area contributed by atoms with Gasteiger partial charge in [0, 0.05) is 12.1 Å². The van der Waals surface area contributed by atoms with Crippen molar-refractivity contribution in [2.45, 2.75) is 70.3 Å². The lowest BCUT2D eigenvalue weighted by Crippen LogP contribution is -2.45. The van der Waals surface area contributed by atoms with Crippen LogP contribution in [0.5, 0.6) is 0 Å². The van der Waals surface area contributed by atoms with E-state index in [2.05, 4.69) is 11.8 Å². The lowest BCUT2D eigenvalue weighted by molar-refractivity contribution is 0.160. The summed E-state index contributed by atoms with van der Waals surface area (Å²) >= 11 is 0. The number of nitrogens with zero attached hydrogens (tertiary/aromatic N) is 1. The standard InChI is InChI=1S/C15H30N2/c1-2-17(13-14-7-6-8-14)12-11-15(16)9-4-3-5-10-15/h14H,2-13,16H2,1H3. The number of hydrogen-bond acceptors (Lipinski definition) is 2. The first-order chi connectivity index (χ1) is 8.22. The van der Waals surface area contributed by atoms with E-state index < -0.39 is 0 Å². The van der Waals surface area contributed by atoms with Gasteiger partial charge in [-0.1, -0.05) is 32.6 Å². The van der Waals surface area contributed by atoms with E-state index in [9.17, 15) is 0 Å². The third-order valence-electron chi connectivity index (χ3n) is 4.96. The van der Waals surface area contributed by atoms with Crippen molar-refractivity contribution in [2.24, 2.45) is 11.7 Å². The predicted molar refractivity (Wildman–Crippen MR) is 74.1 cm³/mol. The zero-order valence-electron chi connectivity index (χ0n) is 11.6. The molecule has 2 saturated carbocycles. The van der Waals surface area contributed by atoms with Crippen molar-refractivity contribution in [3.05, 3.63) is 0 Å². The highest BCUT2D eigenvalue weighted by atomic mass is 15.1. The Morgan fingerprint density at radius 1 is 1.12 bits per heavy atom. The fraction of sp³-hybridized carbons (Fsp3) is 1.00. The molecule has 2 heteroatoms. The van der Waals surface area contributed by atoms with Crippen LogP contribution in [0.25, 0.3) is 0 Å². The van der Waals surface area contributed by atoms with Crippen molar-refractivity contribution in [1.29, 1.82) is 0 Å². The van der Waals surface area contributed by atoms with Gasteiger partial charge in [-0.3, -0.25) is 0 Å². The van der Waals surface area contributed by atoms with Crippen molar-refractivity contribution in [3.63, 3.8) is 0 Å². The van der Waals surface area contributed by atoms with Crippen molar-refractivity contribution >= 4 is 0 Å². The summed E-state index contributed by atoms with van der Waals surface area (Å²) < 4.78 is 0. The van der Waals surface area contributed by atoms with Crippen molar-refractivity contribution in [3.8, 4) is 0 Å². The smallest absolute Gasteiger partial charge is 0.0166 e. The molecule has 2 rings (SSSR count). The maximum Gasteiger partial charge on any atom is 0.0166 e. The second-order valence-electron chi connectivity index (χ2n) is 6.36. The summed E-state index contributed by atoms with van der Waals surface area (Å²) in [6.45, 7) is 6.05. The third-order valence-corrected chi connectivity index (χ3v) is 4.96. The minimum Gasteiger partial charge on any atom is -0.325 e. The lowest BCUT2D eigenvalue weighted by Gasteiger charge is -2.37. The molecule has 2 nitrogen and oxygen atoms in total. The minimum absolute atomic E-state index is 0.172. The molecule has 0 atom stereocenters. The largest absolute Gasteiger partial charge is 0.325 e. The van der Waals surface area contributed by atoms with E-state index in [1.807, 2.05) is 0 Å². The molecule has 0 unspecified atom stereocenters. The molecule has 0 heterocycles. The van der Waals surface area contributed by atoms with Crippen LogP contribution in [-0.2, 0) is 0 Å². The topological polar surface area (TPSA) is 29.3 Å². The van der Waals surface area contributed by atoms with Crippen molar-refractivity contribution in [1.82, 2.24) is 4.90 Å². The lowest BCUT2D eigenvalue weighted by atomic mass is 9.80. The molecule has 0 aliphatic heterocycles. The van der Waals surface area contributed by atoms with Gasteiger partial charge in [-0.05, 0) is 51.1 Å². The zero-order valence-corrected chi connectivity index (χ0v) is 11.6. The molecule has 0 amide bonds. The molecule has 0 radical (unpaired) electrons. The molecule has 0 spiro atoms. The monoisotopic (exact) mass is 238 g/mol. The van der Waals surface area contributed by atoms with Crippen LogP contribution in [0.15, 0.2) is 0 Å². The molecule has 0 saturated heterocycles. The van der Waals surface area contributed by atoms with E-state index in [-0.39, 0.29) is 5.54 Å². The SMILES string of the molecule is CCN(CCC1(N)CCCCC1)CC1CCC1. The van der Waals surface area contributed by atoms with Gasteiger partial charge in [0.2, 0.25) is 0 Å². The fourth-order valence-corrected chi connectivity index (χ4v) is 3.31. The summed E-state index contributed by atoms with van der Waals surface area (Å²) in [5.41, 5.74) is 6.68. The van der Waals surface area contributed by atoms with E-state index in [1.54, 1.807) is 0 Å². The van der Waals surface area contributed by atoms with Gasteiger partial charge >= 0.3 is 0 Å². The molecule has 0 aromatic rings. The highest BCUT2D eigenvalue weighted by molar-refractivity contribution is 4.88. The molecule has 0 bridgehead atoms. The van der Waals surface area contributed by atoms with Gasteiger partial charge in [0.15, 0.2) is 0 Å². The van der Waals surface area contributed by atoms with Crippen LogP contribution in [0.1, 0.15) is 64.7 Å². The molecule has 2 aliphatic carbocycles. The van der Waals surface area contributed by atoms with E-state index in [1.165, 1.54) is 77.4 Å². The van der Waals surface area contributed by atoms with Crippen LogP contribution in [0, 0.1) is 5.92 Å². The van der Waals surface area contributed by atoms with Crippen LogP contribution in [0.2, 0.25) is 0 Å². The van der Waals surface area contributed by atoms with Crippen LogP contribution in [0.3, 0.4) is 0 Å². The first kappa shape index (κ1) is 13.4. The van der Waals surface area contributed by atoms with Gasteiger partial charge in [0.25, 0.3) is 0 Å². The summed E-state index contributed by atoms with van der Waals surface area (Å²) in [5, 5.41) is 0. The molecule has 2 fully saturated rings. The Labute approximate surface area is 107 Å². The van der Waals surface area contributed by atoms with Crippen LogP contribution in [-0.4, -0.2) is 30.1 Å². The third kappa shape index (κ3) is 3.96. The van der Waals surface area contributed by atoms with Gasteiger partial charge in [-0.15, -0.1) is 0 Å². The molecular weight excluding hydrogens is 208 g/mol. The van der Waals surface area contributed by atoms with Gasteiger partial charge in [0.05, 0.1) is 0 Å². The summed E-state index contributed by atoms with van der Waals surface area (Å²) in [6, 6.07) is 0. The van der Waals surface area contributed by atoms with Gasteiger partial charge < -0.3 is 10.6 Å². The summed E-state index contributed by atoms with van der Waals surface area (Å²) in [6.07, 6.45) is 12.2. The van der Waals surface area contributed by atoms with E-state index in [0.717, 1.165) is 5.92 Å². The summed E-state index contributed by atoms with van der Waals surface area (Å²) in [5.74, 6) is 0.995. The maximum atomic E-state index is 6.51. The Kier molecular flexibility index (Phi) is 4.87. The predicted octanol–water partition coefficient (Wildman–Crippen LogP) is 3.16. The average molecular weight is 238 g/mol. The highest BCUT2D eigenvalue weighted by Crippen LogP contribution is 2.30. The highest BCUT2D eigenvalue weighted by Gasteiger charge is 2.28. The Balaban J connectivity index is 1.70. The first-order valence-electron chi connectivity index (χ1n) is 7.73. The van der Waals surface area contributed by atoms with Crippen molar-refractivity contribution < 1.29 is 0 Å². The first-order valence-corrected chi connectivity index (χ1v) is 7.73. The van der Waals surface area contributed by atoms with Gasteiger partial charge in [-0.25, -0.2) is 0 Å². The Morgan fingerprint density at radius 3 is 2.35 bits per heavy atom. The molecule has 17 heavy (non-hydrogen) atoms. The Bertz CT molecular complexity index is 217. The van der Waals surface area contributed by atoms with Crippen LogP contribution in [0.4, 0.5) is 0 Å². The molecule has 2 N–H and O–H groups in total. The molecule has 0 aromatic carbocycles. The summed E-state index contributed by atoms with van der Waals surface area (Å²) in [7, 11) is 0. The van der Waals surface area contributed by atoms with Crippen LogP contribution >= 0.6 is 0 Å². The normalized spacial score (nSPS) is 24.9. The molecule has 100 valence electrons. The van der Waals surface area contributed by atoms with Crippen molar-refractivity contribution in [2.75, 3.05) is 19.6 Å². The minimum atomic E-state index is 0.172. The van der Waals surface area contributed by atoms with E-state index in [0.29, 0.717) is 0 Å². The Morgan fingerprint density at radius 2 is 1.82 bits per heavy atom. The zero-order chi connectivity index (χ0) is 12.1. The van der Waals surface area contributed by atoms with E-state index in [4.69, 9.17) is 5.73 Å². The van der Waals surface area contributed by atoms with Gasteiger partial charge in [0.1, 0.15) is 0 Å². The summed E-state index contributed by atoms with van der Waals surface area (Å²) in [4.78, 5) is 2.63. The number of hydrogen-bond donors (Lipinski definition) is 1. The molecular formula is C15H30N2. The second kappa shape index (κ2) is 6.19. The average Bonchev–Trinajstić information content (AvgIpc) is 2.28.